The number of ether oxygens (including phenoxy) is 1. The van der Waals surface area contributed by atoms with E-state index >= 15 is 0 Å². The number of allylic oxidation sites excluding steroid dienone is 1. The summed E-state index contributed by atoms with van der Waals surface area (Å²) in [6.45, 7) is 5.08. The van der Waals surface area contributed by atoms with Crippen LogP contribution in [-0.2, 0) is 12.3 Å². The van der Waals surface area contributed by atoms with Gasteiger partial charge in [-0.05, 0) is 24.3 Å². The molecule has 0 fully saturated rings. The summed E-state index contributed by atoms with van der Waals surface area (Å²) >= 11 is 9.47. The second kappa shape index (κ2) is 10.4. The van der Waals surface area contributed by atoms with Crippen LogP contribution in [0.15, 0.2) is 77.3 Å². The van der Waals surface area contributed by atoms with Crippen molar-refractivity contribution in [2.45, 2.75) is 22.3 Å². The van der Waals surface area contributed by atoms with Crippen LogP contribution in [0.25, 0.3) is 0 Å². The van der Waals surface area contributed by atoms with E-state index in [1.54, 1.807) is 23.5 Å². The molecule has 140 valence electrons. The van der Waals surface area contributed by atoms with Crippen LogP contribution < -0.4 is 4.74 Å². The van der Waals surface area contributed by atoms with Crippen molar-refractivity contribution >= 4 is 35.1 Å². The van der Waals surface area contributed by atoms with Crippen molar-refractivity contribution < 1.29 is 4.74 Å². The van der Waals surface area contributed by atoms with E-state index in [0.29, 0.717) is 23.9 Å². The number of nitrogens with zero attached hydrogens (tertiary/aromatic N) is 3. The summed E-state index contributed by atoms with van der Waals surface area (Å²) in [7, 11) is 0. The largest absolute Gasteiger partial charge is 0.491 e. The van der Waals surface area contributed by atoms with Crippen molar-refractivity contribution in [1.29, 1.82) is 0 Å². The molecule has 0 N–H and O–H groups in total. The topological polar surface area (TPSA) is 39.9 Å². The SMILES string of the molecule is C=CCn1c(CSc2ccccc2)nnc1SCCOc1ccccc1Cl. The minimum absolute atomic E-state index is 0.545. The predicted molar refractivity (Wildman–Crippen MR) is 114 cm³/mol. The normalized spacial score (nSPS) is 10.7. The molecule has 2 aromatic carbocycles. The van der Waals surface area contributed by atoms with Gasteiger partial charge in [-0.2, -0.15) is 0 Å². The third-order valence-electron chi connectivity index (χ3n) is 3.62. The number of halogens is 1. The van der Waals surface area contributed by atoms with E-state index in [1.807, 2.05) is 48.5 Å². The molecule has 0 aliphatic heterocycles. The van der Waals surface area contributed by atoms with Crippen LogP contribution in [0.4, 0.5) is 0 Å². The fourth-order valence-electron chi connectivity index (χ4n) is 2.36. The molecule has 1 aromatic heterocycles. The maximum atomic E-state index is 6.10. The minimum atomic E-state index is 0.545. The van der Waals surface area contributed by atoms with Gasteiger partial charge >= 0.3 is 0 Å². The van der Waals surface area contributed by atoms with Crippen molar-refractivity contribution in [2.75, 3.05) is 12.4 Å². The number of hydrogen-bond donors (Lipinski definition) is 0. The van der Waals surface area contributed by atoms with E-state index in [1.165, 1.54) is 4.90 Å². The smallest absolute Gasteiger partial charge is 0.191 e. The van der Waals surface area contributed by atoms with Gasteiger partial charge in [0.1, 0.15) is 11.6 Å². The monoisotopic (exact) mass is 417 g/mol. The molecular weight excluding hydrogens is 398 g/mol. The second-order valence-corrected chi connectivity index (χ2v) is 8.05. The Bertz CT molecular complexity index is 871. The van der Waals surface area contributed by atoms with E-state index < -0.39 is 0 Å². The molecule has 0 atom stereocenters. The molecule has 27 heavy (non-hydrogen) atoms. The predicted octanol–water partition coefficient (Wildman–Crippen LogP) is 5.58. The molecule has 0 unspecified atom stereocenters. The molecule has 4 nitrogen and oxygen atoms in total. The number of para-hydroxylation sites is 1. The van der Waals surface area contributed by atoms with Crippen molar-refractivity contribution in [3.05, 3.63) is 78.1 Å². The van der Waals surface area contributed by atoms with E-state index in [4.69, 9.17) is 16.3 Å². The molecule has 0 amide bonds. The van der Waals surface area contributed by atoms with E-state index in [9.17, 15) is 0 Å². The lowest BCUT2D eigenvalue weighted by atomic mass is 10.3. The fourth-order valence-corrected chi connectivity index (χ4v) is 4.19. The zero-order valence-electron chi connectivity index (χ0n) is 14.8. The molecule has 0 radical (unpaired) electrons. The quantitative estimate of drug-likeness (QED) is 0.244. The molecule has 1 heterocycles. The highest BCUT2D eigenvalue weighted by Gasteiger charge is 2.12. The zero-order valence-corrected chi connectivity index (χ0v) is 17.1. The van der Waals surface area contributed by atoms with Crippen molar-refractivity contribution in [3.63, 3.8) is 0 Å². The van der Waals surface area contributed by atoms with Gasteiger partial charge in [0.2, 0.25) is 0 Å². The van der Waals surface area contributed by atoms with E-state index in [2.05, 4.69) is 33.5 Å². The van der Waals surface area contributed by atoms with Gasteiger partial charge in [0.15, 0.2) is 5.16 Å². The number of aromatic nitrogens is 3. The van der Waals surface area contributed by atoms with Crippen LogP contribution in [0.3, 0.4) is 0 Å². The Balaban J connectivity index is 1.56. The summed E-state index contributed by atoms with van der Waals surface area (Å²) in [6.07, 6.45) is 1.87. The lowest BCUT2D eigenvalue weighted by Crippen LogP contribution is -2.05. The highest BCUT2D eigenvalue weighted by molar-refractivity contribution is 7.99. The molecule has 7 heteroatoms. The van der Waals surface area contributed by atoms with Gasteiger partial charge in [0, 0.05) is 17.2 Å². The average Bonchev–Trinajstić information content (AvgIpc) is 3.08. The van der Waals surface area contributed by atoms with Crippen LogP contribution >= 0.6 is 35.1 Å². The summed E-state index contributed by atoms with van der Waals surface area (Å²) in [5, 5.41) is 10.2. The van der Waals surface area contributed by atoms with Crippen LogP contribution in [0.2, 0.25) is 5.02 Å². The van der Waals surface area contributed by atoms with E-state index in [-0.39, 0.29) is 0 Å². The van der Waals surface area contributed by atoms with Crippen LogP contribution in [0, 0.1) is 0 Å². The highest BCUT2D eigenvalue weighted by atomic mass is 35.5. The summed E-state index contributed by atoms with van der Waals surface area (Å²) in [4.78, 5) is 1.22. The number of rotatable bonds is 10. The van der Waals surface area contributed by atoms with Crippen LogP contribution in [0.1, 0.15) is 5.82 Å². The summed E-state index contributed by atoms with van der Waals surface area (Å²) in [6, 6.07) is 17.8. The van der Waals surface area contributed by atoms with Crippen molar-refractivity contribution in [3.8, 4) is 5.75 Å². The lowest BCUT2D eigenvalue weighted by Gasteiger charge is -2.09. The first-order valence-electron chi connectivity index (χ1n) is 8.49. The molecule has 0 aliphatic rings. The average molecular weight is 418 g/mol. The van der Waals surface area contributed by atoms with Gasteiger partial charge < -0.3 is 9.30 Å². The number of hydrogen-bond acceptors (Lipinski definition) is 5. The van der Waals surface area contributed by atoms with Crippen LogP contribution in [0.5, 0.6) is 5.75 Å². The van der Waals surface area contributed by atoms with Crippen molar-refractivity contribution in [1.82, 2.24) is 14.8 Å². The van der Waals surface area contributed by atoms with E-state index in [0.717, 1.165) is 22.5 Å². The number of thioether (sulfide) groups is 2. The van der Waals surface area contributed by atoms with Gasteiger partial charge in [-0.15, -0.1) is 28.5 Å². The Labute approximate surface area is 173 Å². The third kappa shape index (κ3) is 5.79. The lowest BCUT2D eigenvalue weighted by molar-refractivity contribution is 0.344. The zero-order chi connectivity index (χ0) is 18.9. The molecule has 3 rings (SSSR count). The fraction of sp³-hybridized carbons (Fsp3) is 0.200. The first-order chi connectivity index (χ1) is 13.3. The highest BCUT2D eigenvalue weighted by Crippen LogP contribution is 2.26. The Kier molecular flexibility index (Phi) is 7.68. The van der Waals surface area contributed by atoms with Gasteiger partial charge in [0.25, 0.3) is 0 Å². The summed E-state index contributed by atoms with van der Waals surface area (Å²) in [5.74, 6) is 3.17. The second-order valence-electron chi connectivity index (χ2n) is 5.53. The first-order valence-corrected chi connectivity index (χ1v) is 10.8. The van der Waals surface area contributed by atoms with Gasteiger partial charge in [0.05, 0.1) is 17.4 Å². The standard InChI is InChI=1S/C20H20ClN3OS2/c1-2-12-24-19(15-27-16-8-4-3-5-9-16)22-23-20(24)26-14-13-25-18-11-7-6-10-17(18)21/h2-11H,1,12-15H2. The molecule has 0 spiro atoms. The van der Waals surface area contributed by atoms with Crippen LogP contribution in [-0.4, -0.2) is 27.1 Å². The van der Waals surface area contributed by atoms with Gasteiger partial charge in [-0.3, -0.25) is 0 Å². The number of benzene rings is 2. The van der Waals surface area contributed by atoms with Gasteiger partial charge in [-0.1, -0.05) is 59.8 Å². The molecule has 0 aliphatic carbocycles. The molecule has 0 saturated carbocycles. The molecule has 3 aromatic rings. The Morgan fingerprint density at radius 3 is 2.59 bits per heavy atom. The Morgan fingerprint density at radius 2 is 1.81 bits per heavy atom. The van der Waals surface area contributed by atoms with Gasteiger partial charge in [-0.25, -0.2) is 0 Å². The minimum Gasteiger partial charge on any atom is -0.491 e. The Hall–Kier alpha value is -1.89. The summed E-state index contributed by atoms with van der Waals surface area (Å²) in [5.41, 5.74) is 0. The maximum Gasteiger partial charge on any atom is 0.191 e. The molecule has 0 saturated heterocycles. The third-order valence-corrected chi connectivity index (χ3v) is 5.88. The molecule has 0 bridgehead atoms. The first kappa shape index (κ1) is 19.9. The van der Waals surface area contributed by atoms with Crippen molar-refractivity contribution in [2.24, 2.45) is 0 Å². The maximum absolute atomic E-state index is 6.10. The molecular formula is C20H20ClN3OS2. The summed E-state index contributed by atoms with van der Waals surface area (Å²) < 4.78 is 7.84. The Morgan fingerprint density at radius 1 is 1.04 bits per heavy atom.